The number of sulfone groups is 1. The van der Waals surface area contributed by atoms with Crippen molar-refractivity contribution in [3.05, 3.63) is 47.5 Å². The molecule has 2 aromatic carbocycles. The first-order chi connectivity index (χ1) is 15.2. The third-order valence-electron chi connectivity index (χ3n) is 4.64. The van der Waals surface area contributed by atoms with Gasteiger partial charge in [-0.1, -0.05) is 11.6 Å². The Labute approximate surface area is 195 Å². The maximum Gasteiger partial charge on any atom is 0.241 e. The Morgan fingerprint density at radius 3 is 2.53 bits per heavy atom. The molecular weight excluding hydrogens is 478 g/mol. The minimum absolute atomic E-state index is 0.0156. The minimum Gasteiger partial charge on any atom is -0.497 e. The van der Waals surface area contributed by atoms with Crippen LogP contribution in [0.4, 0.5) is 5.69 Å². The van der Waals surface area contributed by atoms with Gasteiger partial charge in [0.15, 0.2) is 15.1 Å². The van der Waals surface area contributed by atoms with E-state index in [1.165, 1.54) is 38.5 Å². The van der Waals surface area contributed by atoms with E-state index in [0.29, 0.717) is 22.2 Å². The van der Waals surface area contributed by atoms with Gasteiger partial charge >= 0.3 is 0 Å². The minimum atomic E-state index is -3.88. The standard InChI is InChI=1S/C20H22ClN3O6S2/c1-29-13-5-8-15(16(9-13)30-2)23-18(25)11-31-20-22-10-17(19(26)24-20)32(27,28)14-6-3-12(21)4-7-14/h3-9,17,20,22H,10-11H2,1-2H3,(H,23,25)(H,24,26). The Morgan fingerprint density at radius 1 is 1.19 bits per heavy atom. The molecule has 0 saturated carbocycles. The molecule has 1 aliphatic heterocycles. The number of hydrogen-bond donors (Lipinski definition) is 3. The van der Waals surface area contributed by atoms with E-state index in [4.69, 9.17) is 21.1 Å². The van der Waals surface area contributed by atoms with E-state index >= 15 is 0 Å². The number of anilines is 1. The van der Waals surface area contributed by atoms with Crippen LogP contribution in [0, 0.1) is 0 Å². The Morgan fingerprint density at radius 2 is 1.91 bits per heavy atom. The summed E-state index contributed by atoms with van der Waals surface area (Å²) < 4.78 is 35.9. The van der Waals surface area contributed by atoms with Crippen molar-refractivity contribution in [3.8, 4) is 11.5 Å². The molecule has 0 spiro atoms. The number of carbonyl (C=O) groups excluding carboxylic acids is 2. The van der Waals surface area contributed by atoms with Crippen LogP contribution in [0.3, 0.4) is 0 Å². The second-order valence-corrected chi connectivity index (χ2v) is 10.4. The van der Waals surface area contributed by atoms with Crippen LogP contribution in [0.2, 0.25) is 5.02 Å². The monoisotopic (exact) mass is 499 g/mol. The van der Waals surface area contributed by atoms with Gasteiger partial charge in [-0.05, 0) is 36.4 Å². The highest BCUT2D eigenvalue weighted by Gasteiger charge is 2.38. The number of ether oxygens (including phenoxy) is 2. The summed E-state index contributed by atoms with van der Waals surface area (Å²) in [6.07, 6.45) is 0. The Balaban J connectivity index is 1.55. The Hall–Kier alpha value is -2.47. The summed E-state index contributed by atoms with van der Waals surface area (Å²) in [5.74, 6) is 0.106. The number of nitrogens with one attached hydrogen (secondary N) is 3. The average Bonchev–Trinajstić information content (AvgIpc) is 2.78. The van der Waals surface area contributed by atoms with E-state index < -0.39 is 26.5 Å². The number of benzene rings is 2. The summed E-state index contributed by atoms with van der Waals surface area (Å²) in [4.78, 5) is 24.8. The van der Waals surface area contributed by atoms with Crippen LogP contribution < -0.4 is 25.4 Å². The molecule has 1 aliphatic rings. The number of halogens is 1. The smallest absolute Gasteiger partial charge is 0.241 e. The lowest BCUT2D eigenvalue weighted by atomic mass is 10.2. The molecule has 172 valence electrons. The lowest BCUT2D eigenvalue weighted by Crippen LogP contribution is -2.59. The van der Waals surface area contributed by atoms with Gasteiger partial charge in [0.05, 0.1) is 30.6 Å². The van der Waals surface area contributed by atoms with Crippen LogP contribution in [-0.2, 0) is 19.4 Å². The highest BCUT2D eigenvalue weighted by Crippen LogP contribution is 2.29. The molecule has 2 atom stereocenters. The summed E-state index contributed by atoms with van der Waals surface area (Å²) in [6.45, 7) is -0.0810. The van der Waals surface area contributed by atoms with E-state index in [0.717, 1.165) is 11.8 Å². The molecule has 1 saturated heterocycles. The third-order valence-corrected chi connectivity index (χ3v) is 7.99. The number of hydrogen-bond acceptors (Lipinski definition) is 8. The first-order valence-electron chi connectivity index (χ1n) is 9.41. The van der Waals surface area contributed by atoms with Crippen LogP contribution in [-0.4, -0.2) is 57.5 Å². The number of thioether (sulfide) groups is 1. The van der Waals surface area contributed by atoms with E-state index in [1.807, 2.05) is 0 Å². The van der Waals surface area contributed by atoms with Gasteiger partial charge in [0.2, 0.25) is 11.8 Å². The molecule has 32 heavy (non-hydrogen) atoms. The molecule has 2 aromatic rings. The van der Waals surface area contributed by atoms with E-state index in [1.54, 1.807) is 18.2 Å². The maximum atomic E-state index is 12.8. The van der Waals surface area contributed by atoms with Crippen molar-refractivity contribution in [1.82, 2.24) is 10.6 Å². The van der Waals surface area contributed by atoms with Crippen molar-refractivity contribution >= 4 is 50.7 Å². The van der Waals surface area contributed by atoms with Gasteiger partial charge in [0.1, 0.15) is 17.0 Å². The SMILES string of the molecule is COc1ccc(NC(=O)CSC2NCC(S(=O)(=O)c3ccc(Cl)cc3)C(=O)N2)c(OC)c1. The van der Waals surface area contributed by atoms with Crippen molar-refractivity contribution in [1.29, 1.82) is 0 Å². The van der Waals surface area contributed by atoms with Crippen molar-refractivity contribution < 1.29 is 27.5 Å². The molecule has 12 heteroatoms. The summed E-state index contributed by atoms with van der Waals surface area (Å²) >= 11 is 6.93. The zero-order valence-corrected chi connectivity index (χ0v) is 19.6. The lowest BCUT2D eigenvalue weighted by Gasteiger charge is -2.29. The van der Waals surface area contributed by atoms with E-state index in [2.05, 4.69) is 16.0 Å². The van der Waals surface area contributed by atoms with E-state index in [9.17, 15) is 18.0 Å². The molecule has 2 amide bonds. The fourth-order valence-corrected chi connectivity index (χ4v) is 5.41. The molecule has 0 radical (unpaired) electrons. The molecular formula is C20H22ClN3O6S2. The summed E-state index contributed by atoms with van der Waals surface area (Å²) in [7, 11) is -0.873. The van der Waals surface area contributed by atoms with Crippen molar-refractivity contribution in [2.24, 2.45) is 0 Å². The van der Waals surface area contributed by atoms with Crippen LogP contribution in [0.25, 0.3) is 0 Å². The molecule has 0 aromatic heterocycles. The Bertz CT molecular complexity index is 1100. The first-order valence-corrected chi connectivity index (χ1v) is 12.4. The molecule has 3 N–H and O–H groups in total. The number of amides is 2. The lowest BCUT2D eigenvalue weighted by molar-refractivity contribution is -0.122. The first kappa shape index (κ1) is 24.2. The second-order valence-electron chi connectivity index (χ2n) is 6.71. The zero-order chi connectivity index (χ0) is 23.3. The molecule has 2 unspecified atom stereocenters. The maximum absolute atomic E-state index is 12.8. The normalized spacial score (nSPS) is 18.5. The largest absolute Gasteiger partial charge is 0.497 e. The Kier molecular flexibility index (Phi) is 7.88. The van der Waals surface area contributed by atoms with Gasteiger partial charge in [-0.25, -0.2) is 8.42 Å². The molecule has 3 rings (SSSR count). The third kappa shape index (κ3) is 5.66. The van der Waals surface area contributed by atoms with Crippen molar-refractivity contribution in [2.75, 3.05) is 31.8 Å². The van der Waals surface area contributed by atoms with Crippen molar-refractivity contribution in [3.63, 3.8) is 0 Å². The molecule has 1 fully saturated rings. The fourth-order valence-electron chi connectivity index (χ4n) is 2.97. The summed E-state index contributed by atoms with van der Waals surface area (Å²) in [5.41, 5.74) is -0.128. The number of carbonyl (C=O) groups is 2. The van der Waals surface area contributed by atoms with Gasteiger partial charge in [-0.15, -0.1) is 11.8 Å². The quantitative estimate of drug-likeness (QED) is 0.503. The number of methoxy groups -OCH3 is 2. The molecule has 0 bridgehead atoms. The van der Waals surface area contributed by atoms with Crippen LogP contribution >= 0.6 is 23.4 Å². The predicted molar refractivity (Wildman–Crippen MR) is 123 cm³/mol. The number of rotatable bonds is 8. The topological polar surface area (TPSA) is 123 Å². The average molecular weight is 500 g/mol. The van der Waals surface area contributed by atoms with Crippen LogP contribution in [0.1, 0.15) is 0 Å². The molecule has 9 nitrogen and oxygen atoms in total. The van der Waals surface area contributed by atoms with Gasteiger partial charge in [0.25, 0.3) is 0 Å². The van der Waals surface area contributed by atoms with Crippen LogP contribution in [0.15, 0.2) is 47.4 Å². The molecule has 0 aliphatic carbocycles. The van der Waals surface area contributed by atoms with Crippen molar-refractivity contribution in [2.45, 2.75) is 15.6 Å². The van der Waals surface area contributed by atoms with E-state index in [-0.39, 0.29) is 23.1 Å². The molecule has 1 heterocycles. The predicted octanol–water partition coefficient (Wildman–Crippen LogP) is 1.87. The van der Waals surface area contributed by atoms with Gasteiger partial charge < -0.3 is 20.1 Å². The second kappa shape index (κ2) is 10.4. The van der Waals surface area contributed by atoms with Gasteiger partial charge in [-0.2, -0.15) is 0 Å². The van der Waals surface area contributed by atoms with Gasteiger partial charge in [0, 0.05) is 17.6 Å². The highest BCUT2D eigenvalue weighted by atomic mass is 35.5. The van der Waals surface area contributed by atoms with Crippen LogP contribution in [0.5, 0.6) is 11.5 Å². The fraction of sp³-hybridized carbons (Fsp3) is 0.300. The summed E-state index contributed by atoms with van der Waals surface area (Å²) in [6, 6.07) is 10.6. The van der Waals surface area contributed by atoms with Gasteiger partial charge in [-0.3, -0.25) is 14.9 Å². The highest BCUT2D eigenvalue weighted by molar-refractivity contribution is 8.00. The summed E-state index contributed by atoms with van der Waals surface area (Å²) in [5, 5.41) is 7.40. The zero-order valence-electron chi connectivity index (χ0n) is 17.3.